The summed E-state index contributed by atoms with van der Waals surface area (Å²) in [5.41, 5.74) is 1.90. The number of benzene rings is 2. The lowest BCUT2D eigenvalue weighted by atomic mass is 10.0. The van der Waals surface area contributed by atoms with Crippen LogP contribution >= 0.6 is 27.5 Å². The van der Waals surface area contributed by atoms with E-state index in [0.29, 0.717) is 16.4 Å². The molecule has 3 nitrogen and oxygen atoms in total. The van der Waals surface area contributed by atoms with Crippen LogP contribution in [0, 0.1) is 0 Å². The number of pyridine rings is 1. The molecule has 0 saturated carbocycles. The highest BCUT2D eigenvalue weighted by molar-refractivity contribution is 9.10. The molecular formula is C20H18BrClN2O. The van der Waals surface area contributed by atoms with E-state index in [1.165, 1.54) is 0 Å². The number of rotatable bonds is 4. The zero-order valence-corrected chi connectivity index (χ0v) is 16.4. The minimum absolute atomic E-state index is 0.0960. The molecule has 3 rings (SSSR count). The largest absolute Gasteiger partial charge is 0.348 e. The van der Waals surface area contributed by atoms with Gasteiger partial charge in [-0.25, -0.2) is 4.98 Å². The first-order valence-corrected chi connectivity index (χ1v) is 9.32. The average Bonchev–Trinajstić information content (AvgIpc) is 2.62. The van der Waals surface area contributed by atoms with Crippen molar-refractivity contribution in [3.05, 3.63) is 63.7 Å². The number of hydrogen-bond donors (Lipinski definition) is 1. The zero-order valence-electron chi connectivity index (χ0n) is 14.0. The topological polar surface area (TPSA) is 42.0 Å². The van der Waals surface area contributed by atoms with E-state index in [0.717, 1.165) is 27.2 Å². The fourth-order valence-electron chi connectivity index (χ4n) is 2.60. The maximum Gasteiger partial charge on any atom is 0.270 e. The minimum Gasteiger partial charge on any atom is -0.348 e. The van der Waals surface area contributed by atoms with Gasteiger partial charge in [0.15, 0.2) is 0 Å². The smallest absolute Gasteiger partial charge is 0.270 e. The number of halogens is 2. The maximum absolute atomic E-state index is 12.6. The standard InChI is InChI=1S/C20H18BrClN2O/c1-3-12(2)23-20(25)18-10-13-6-4-5-7-15(13)19(24-18)16-11-14(21)8-9-17(16)22/h4-12H,3H2,1-2H3,(H,23,25). The van der Waals surface area contributed by atoms with E-state index >= 15 is 0 Å². The summed E-state index contributed by atoms with van der Waals surface area (Å²) >= 11 is 9.89. The monoisotopic (exact) mass is 416 g/mol. The van der Waals surface area contributed by atoms with Crippen molar-refractivity contribution in [2.75, 3.05) is 0 Å². The molecule has 0 saturated heterocycles. The first kappa shape index (κ1) is 17.9. The summed E-state index contributed by atoms with van der Waals surface area (Å²) in [6.45, 7) is 4.01. The van der Waals surface area contributed by atoms with Crippen molar-refractivity contribution in [2.45, 2.75) is 26.3 Å². The molecule has 0 aliphatic heterocycles. The summed E-state index contributed by atoms with van der Waals surface area (Å²) in [7, 11) is 0. The Bertz CT molecular complexity index is 942. The first-order chi connectivity index (χ1) is 12.0. The van der Waals surface area contributed by atoms with Gasteiger partial charge in [-0.2, -0.15) is 0 Å². The Morgan fingerprint density at radius 2 is 2.00 bits per heavy atom. The fraction of sp³-hybridized carbons (Fsp3) is 0.200. The van der Waals surface area contributed by atoms with Gasteiger partial charge in [-0.05, 0) is 43.0 Å². The maximum atomic E-state index is 12.6. The van der Waals surface area contributed by atoms with Crippen LogP contribution in [0.25, 0.3) is 22.0 Å². The van der Waals surface area contributed by atoms with Gasteiger partial charge in [-0.15, -0.1) is 0 Å². The third-order valence-electron chi connectivity index (χ3n) is 4.15. The molecule has 1 atom stereocenters. The van der Waals surface area contributed by atoms with Crippen molar-refractivity contribution in [1.29, 1.82) is 0 Å². The molecule has 1 amide bonds. The second kappa shape index (κ2) is 7.54. The second-order valence-corrected chi connectivity index (χ2v) is 7.31. The van der Waals surface area contributed by atoms with E-state index in [9.17, 15) is 4.79 Å². The van der Waals surface area contributed by atoms with Crippen LogP contribution < -0.4 is 5.32 Å². The van der Waals surface area contributed by atoms with Crippen molar-refractivity contribution in [3.63, 3.8) is 0 Å². The van der Waals surface area contributed by atoms with Crippen molar-refractivity contribution in [3.8, 4) is 11.3 Å². The van der Waals surface area contributed by atoms with Crippen LogP contribution in [0.4, 0.5) is 0 Å². The quantitative estimate of drug-likeness (QED) is 0.579. The predicted octanol–water partition coefficient (Wildman–Crippen LogP) is 5.85. The fourth-order valence-corrected chi connectivity index (χ4v) is 3.17. The number of nitrogens with zero attached hydrogens (tertiary/aromatic N) is 1. The third-order valence-corrected chi connectivity index (χ3v) is 4.97. The van der Waals surface area contributed by atoms with Gasteiger partial charge in [0.05, 0.1) is 10.7 Å². The molecule has 0 aliphatic carbocycles. The molecule has 1 unspecified atom stereocenters. The van der Waals surface area contributed by atoms with E-state index in [4.69, 9.17) is 11.6 Å². The Morgan fingerprint density at radius 1 is 1.24 bits per heavy atom. The summed E-state index contributed by atoms with van der Waals surface area (Å²) in [6, 6.07) is 15.4. The van der Waals surface area contributed by atoms with Crippen molar-refractivity contribution in [2.24, 2.45) is 0 Å². The van der Waals surface area contributed by atoms with Crippen LogP contribution in [0.3, 0.4) is 0 Å². The summed E-state index contributed by atoms with van der Waals surface area (Å²) in [4.78, 5) is 17.2. The molecule has 128 valence electrons. The van der Waals surface area contributed by atoms with E-state index < -0.39 is 0 Å². The average molecular weight is 418 g/mol. The molecule has 2 aromatic carbocycles. The lowest BCUT2D eigenvalue weighted by Crippen LogP contribution is -2.32. The van der Waals surface area contributed by atoms with Crippen molar-refractivity contribution in [1.82, 2.24) is 10.3 Å². The Hall–Kier alpha value is -1.91. The van der Waals surface area contributed by atoms with E-state index in [1.54, 1.807) is 0 Å². The van der Waals surface area contributed by atoms with Gasteiger partial charge >= 0.3 is 0 Å². The molecule has 25 heavy (non-hydrogen) atoms. The normalized spacial score (nSPS) is 12.2. The number of amides is 1. The van der Waals surface area contributed by atoms with Gasteiger partial charge in [0.1, 0.15) is 5.69 Å². The van der Waals surface area contributed by atoms with Crippen molar-refractivity contribution >= 4 is 44.2 Å². The molecule has 1 N–H and O–H groups in total. The number of carbonyl (C=O) groups excluding carboxylic acids is 1. The van der Waals surface area contributed by atoms with Crippen molar-refractivity contribution < 1.29 is 4.79 Å². The lowest BCUT2D eigenvalue weighted by Gasteiger charge is -2.14. The Kier molecular flexibility index (Phi) is 5.40. The van der Waals surface area contributed by atoms with Gasteiger partial charge in [0.25, 0.3) is 5.91 Å². The Balaban J connectivity index is 2.20. The molecule has 1 aromatic heterocycles. The highest BCUT2D eigenvalue weighted by Crippen LogP contribution is 2.34. The van der Waals surface area contributed by atoms with Crippen LogP contribution in [0.15, 0.2) is 53.0 Å². The third kappa shape index (κ3) is 3.86. The van der Waals surface area contributed by atoms with Crippen LogP contribution in [-0.2, 0) is 0 Å². The summed E-state index contributed by atoms with van der Waals surface area (Å²) in [6.07, 6.45) is 0.865. The zero-order chi connectivity index (χ0) is 18.0. The summed E-state index contributed by atoms with van der Waals surface area (Å²) in [5.74, 6) is -0.174. The SMILES string of the molecule is CCC(C)NC(=O)c1cc2ccccc2c(-c2cc(Br)ccc2Cl)n1. The molecule has 0 fully saturated rings. The Labute approximate surface area is 160 Å². The summed E-state index contributed by atoms with van der Waals surface area (Å²) in [5, 5.41) is 5.49. The van der Waals surface area contributed by atoms with Crippen LogP contribution in [0.5, 0.6) is 0 Å². The van der Waals surface area contributed by atoms with E-state index in [1.807, 2.05) is 62.4 Å². The number of nitrogens with one attached hydrogen (secondary N) is 1. The van der Waals surface area contributed by atoms with Crippen LogP contribution in [0.1, 0.15) is 30.8 Å². The molecule has 5 heteroatoms. The number of fused-ring (bicyclic) bond motifs is 1. The highest BCUT2D eigenvalue weighted by Gasteiger charge is 2.16. The molecule has 1 heterocycles. The number of hydrogen-bond acceptors (Lipinski definition) is 2. The molecule has 0 spiro atoms. The predicted molar refractivity (Wildman–Crippen MR) is 107 cm³/mol. The van der Waals surface area contributed by atoms with E-state index in [-0.39, 0.29) is 11.9 Å². The minimum atomic E-state index is -0.174. The van der Waals surface area contributed by atoms with Crippen LogP contribution in [0.2, 0.25) is 5.02 Å². The Morgan fingerprint density at radius 3 is 2.76 bits per heavy atom. The number of aromatic nitrogens is 1. The van der Waals surface area contributed by atoms with Gasteiger partial charge in [-0.3, -0.25) is 4.79 Å². The molecule has 0 aliphatic rings. The van der Waals surface area contributed by atoms with Crippen LogP contribution in [-0.4, -0.2) is 16.9 Å². The van der Waals surface area contributed by atoms with Gasteiger partial charge < -0.3 is 5.32 Å². The number of carbonyl (C=O) groups is 1. The van der Waals surface area contributed by atoms with Gasteiger partial charge in [-0.1, -0.05) is 58.7 Å². The summed E-state index contributed by atoms with van der Waals surface area (Å²) < 4.78 is 0.909. The lowest BCUT2D eigenvalue weighted by molar-refractivity contribution is 0.0934. The molecular weight excluding hydrogens is 400 g/mol. The molecule has 3 aromatic rings. The van der Waals surface area contributed by atoms with Gasteiger partial charge in [0.2, 0.25) is 0 Å². The first-order valence-electron chi connectivity index (χ1n) is 8.15. The molecule has 0 bridgehead atoms. The highest BCUT2D eigenvalue weighted by atomic mass is 79.9. The second-order valence-electron chi connectivity index (χ2n) is 5.98. The molecule has 0 radical (unpaired) electrons. The van der Waals surface area contributed by atoms with E-state index in [2.05, 4.69) is 26.2 Å². The van der Waals surface area contributed by atoms with Gasteiger partial charge in [0, 0.05) is 21.5 Å².